The van der Waals surface area contributed by atoms with E-state index in [1.807, 2.05) is 0 Å². The monoisotopic (exact) mass is 376 g/mol. The Labute approximate surface area is 134 Å². The van der Waals surface area contributed by atoms with Crippen LogP contribution in [0.3, 0.4) is 0 Å². The first-order valence-electron chi connectivity index (χ1n) is 6.25. The minimum atomic E-state index is -0.558. The summed E-state index contributed by atoms with van der Waals surface area (Å²) in [6.45, 7) is 0. The number of nitrogens with one attached hydrogen (secondary N) is 1. The molecule has 1 heterocycles. The van der Waals surface area contributed by atoms with Gasteiger partial charge in [-0.1, -0.05) is 23.2 Å². The fourth-order valence-corrected chi connectivity index (χ4v) is 3.13. The van der Waals surface area contributed by atoms with Crippen LogP contribution in [0.25, 0.3) is 0 Å². The quantitative estimate of drug-likeness (QED) is 0.648. The third-order valence-corrected chi connectivity index (χ3v) is 5.23. The predicted molar refractivity (Wildman–Crippen MR) is 81.1 cm³/mol. The van der Waals surface area contributed by atoms with Crippen molar-refractivity contribution in [1.29, 1.82) is 0 Å². The largest absolute Gasteiger partial charge is 0.372 e. The van der Waals surface area contributed by atoms with Crippen LogP contribution in [0.2, 0.25) is 10.0 Å². The van der Waals surface area contributed by atoms with Crippen molar-refractivity contribution in [2.75, 3.05) is 5.32 Å². The first-order chi connectivity index (χ1) is 9.49. The number of likely N-dealkylation sites (tertiary alicyclic amines) is 1. The summed E-state index contributed by atoms with van der Waals surface area (Å²) in [6.07, 6.45) is 1.99. The van der Waals surface area contributed by atoms with E-state index in [-0.39, 0.29) is 24.3 Å². The summed E-state index contributed by atoms with van der Waals surface area (Å²) in [5.74, 6) is -0.290. The lowest BCUT2D eigenvalue weighted by Crippen LogP contribution is -2.36. The van der Waals surface area contributed by atoms with Gasteiger partial charge in [-0.25, -0.2) is 0 Å². The maximum Gasteiger partial charge on any atom is 0.252 e. The molecule has 0 radical (unpaired) electrons. The number of imide groups is 1. The number of halogens is 3. The fourth-order valence-electron chi connectivity index (χ4n) is 2.31. The van der Waals surface area contributed by atoms with Crippen LogP contribution in [0.4, 0.5) is 5.69 Å². The lowest BCUT2D eigenvalue weighted by Gasteiger charge is -2.16. The molecule has 1 atom stereocenters. The highest BCUT2D eigenvalue weighted by molar-refractivity contribution is 9.10. The van der Waals surface area contributed by atoms with Gasteiger partial charge in [-0.15, -0.1) is 0 Å². The lowest BCUT2D eigenvalue weighted by molar-refractivity contribution is -0.139. The summed E-state index contributed by atoms with van der Waals surface area (Å²) in [7, 11) is 0. The Morgan fingerprint density at radius 1 is 1.20 bits per heavy atom. The zero-order chi connectivity index (χ0) is 14.4. The number of carbonyl (C=O) groups is 2. The van der Waals surface area contributed by atoms with Crippen molar-refractivity contribution >= 4 is 56.6 Å². The molecule has 1 saturated heterocycles. The summed E-state index contributed by atoms with van der Waals surface area (Å²) in [6, 6.07) is 3.02. The van der Waals surface area contributed by atoms with Crippen molar-refractivity contribution in [1.82, 2.24) is 4.90 Å². The van der Waals surface area contributed by atoms with Gasteiger partial charge in [0, 0.05) is 10.5 Å². The summed E-state index contributed by atoms with van der Waals surface area (Å²) in [5.41, 5.74) is 0.559. The minimum Gasteiger partial charge on any atom is -0.372 e. The van der Waals surface area contributed by atoms with Crippen molar-refractivity contribution in [3.8, 4) is 0 Å². The van der Waals surface area contributed by atoms with Gasteiger partial charge in [0.15, 0.2) is 0 Å². The topological polar surface area (TPSA) is 49.4 Å². The van der Waals surface area contributed by atoms with E-state index in [0.717, 1.165) is 12.8 Å². The Balaban J connectivity index is 1.80. The van der Waals surface area contributed by atoms with Crippen LogP contribution in [0.1, 0.15) is 19.3 Å². The molecular weight excluding hydrogens is 367 g/mol. The molecule has 2 amide bonds. The van der Waals surface area contributed by atoms with Crippen LogP contribution in [0.15, 0.2) is 16.6 Å². The second-order valence-electron chi connectivity index (χ2n) is 4.96. The van der Waals surface area contributed by atoms with E-state index in [0.29, 0.717) is 20.2 Å². The number of benzene rings is 1. The molecule has 3 rings (SSSR count). The van der Waals surface area contributed by atoms with E-state index < -0.39 is 6.04 Å². The van der Waals surface area contributed by atoms with Gasteiger partial charge in [-0.3, -0.25) is 14.5 Å². The Kier molecular flexibility index (Phi) is 3.69. The van der Waals surface area contributed by atoms with Gasteiger partial charge in [0.25, 0.3) is 5.91 Å². The molecule has 20 heavy (non-hydrogen) atoms. The number of carbonyl (C=O) groups excluding carboxylic acids is 2. The summed E-state index contributed by atoms with van der Waals surface area (Å²) in [5, 5.41) is 3.74. The van der Waals surface area contributed by atoms with Gasteiger partial charge in [0.05, 0.1) is 22.2 Å². The number of hydrogen-bond acceptors (Lipinski definition) is 3. The zero-order valence-corrected chi connectivity index (χ0v) is 13.4. The van der Waals surface area contributed by atoms with Crippen LogP contribution in [-0.4, -0.2) is 28.8 Å². The molecule has 7 heteroatoms. The summed E-state index contributed by atoms with van der Waals surface area (Å²) < 4.78 is 0.683. The second kappa shape index (κ2) is 5.20. The molecule has 1 unspecified atom stereocenters. The normalized spacial score (nSPS) is 22.6. The van der Waals surface area contributed by atoms with Gasteiger partial charge in [-0.2, -0.15) is 0 Å². The highest BCUT2D eigenvalue weighted by atomic mass is 79.9. The number of hydrogen-bond donors (Lipinski definition) is 1. The van der Waals surface area contributed by atoms with Crippen molar-refractivity contribution in [2.45, 2.75) is 31.3 Å². The van der Waals surface area contributed by atoms with Crippen LogP contribution in [0, 0.1) is 0 Å². The van der Waals surface area contributed by atoms with E-state index >= 15 is 0 Å². The van der Waals surface area contributed by atoms with Gasteiger partial charge in [0.1, 0.15) is 6.04 Å². The van der Waals surface area contributed by atoms with E-state index in [9.17, 15) is 9.59 Å². The SMILES string of the molecule is O=C1CC(Nc2ccc(Br)c(Cl)c2Cl)C(=O)N1C1CC1. The molecule has 106 valence electrons. The summed E-state index contributed by atoms with van der Waals surface area (Å²) >= 11 is 15.5. The fraction of sp³-hybridized carbons (Fsp3) is 0.385. The van der Waals surface area contributed by atoms with E-state index in [1.165, 1.54) is 4.90 Å². The Morgan fingerprint density at radius 2 is 1.90 bits per heavy atom. The maximum atomic E-state index is 12.2. The third kappa shape index (κ3) is 2.43. The van der Waals surface area contributed by atoms with E-state index in [2.05, 4.69) is 21.2 Å². The van der Waals surface area contributed by atoms with Crippen molar-refractivity contribution in [3.05, 3.63) is 26.7 Å². The molecule has 1 aliphatic carbocycles. The number of anilines is 1. The zero-order valence-electron chi connectivity index (χ0n) is 10.3. The predicted octanol–water partition coefficient (Wildman–Crippen LogP) is 3.46. The first-order valence-corrected chi connectivity index (χ1v) is 7.80. The average Bonchev–Trinajstić information content (AvgIpc) is 3.19. The molecule has 0 aromatic heterocycles. The molecule has 1 aromatic carbocycles. The van der Waals surface area contributed by atoms with Gasteiger partial charge in [0.2, 0.25) is 5.91 Å². The maximum absolute atomic E-state index is 12.2. The smallest absolute Gasteiger partial charge is 0.252 e. The number of rotatable bonds is 3. The number of nitrogens with zero attached hydrogens (tertiary/aromatic N) is 1. The van der Waals surface area contributed by atoms with Gasteiger partial charge < -0.3 is 5.32 Å². The van der Waals surface area contributed by atoms with Crippen molar-refractivity contribution < 1.29 is 9.59 Å². The molecule has 0 bridgehead atoms. The molecule has 0 spiro atoms. The molecule has 1 saturated carbocycles. The lowest BCUT2D eigenvalue weighted by atomic mass is 10.2. The molecular formula is C13H11BrCl2N2O2. The van der Waals surface area contributed by atoms with Crippen molar-refractivity contribution in [3.63, 3.8) is 0 Å². The molecule has 2 aliphatic rings. The average molecular weight is 378 g/mol. The highest BCUT2D eigenvalue weighted by Crippen LogP contribution is 2.37. The van der Waals surface area contributed by atoms with Gasteiger partial charge in [-0.05, 0) is 40.9 Å². The van der Waals surface area contributed by atoms with E-state index in [1.54, 1.807) is 12.1 Å². The van der Waals surface area contributed by atoms with Crippen LogP contribution >= 0.6 is 39.1 Å². The van der Waals surface area contributed by atoms with Gasteiger partial charge >= 0.3 is 0 Å². The molecule has 1 aromatic rings. The Bertz CT molecular complexity index is 604. The van der Waals surface area contributed by atoms with E-state index in [4.69, 9.17) is 23.2 Å². The van der Waals surface area contributed by atoms with Crippen molar-refractivity contribution in [2.24, 2.45) is 0 Å². The Morgan fingerprint density at radius 3 is 2.55 bits per heavy atom. The Hall–Kier alpha value is -0.780. The molecule has 1 aliphatic heterocycles. The van der Waals surface area contributed by atoms with Crippen LogP contribution in [-0.2, 0) is 9.59 Å². The molecule has 2 fully saturated rings. The minimum absolute atomic E-state index is 0.103. The third-order valence-electron chi connectivity index (χ3n) is 3.46. The first kappa shape index (κ1) is 14.2. The molecule has 4 nitrogen and oxygen atoms in total. The van der Waals surface area contributed by atoms with Crippen LogP contribution in [0.5, 0.6) is 0 Å². The summed E-state index contributed by atoms with van der Waals surface area (Å²) in [4.78, 5) is 25.5. The standard InChI is InChI=1S/C13H11BrCl2N2O2/c14-7-3-4-8(12(16)11(7)15)17-9-5-10(19)18(13(9)20)6-1-2-6/h3-4,6,9,17H,1-2,5H2. The highest BCUT2D eigenvalue weighted by Gasteiger charge is 2.46. The second-order valence-corrected chi connectivity index (χ2v) is 6.57. The molecule has 1 N–H and O–H groups in total. The van der Waals surface area contributed by atoms with Crippen LogP contribution < -0.4 is 5.32 Å². The number of amides is 2.